The molecule has 0 unspecified atom stereocenters. The molecule has 0 spiro atoms. The van der Waals surface area contributed by atoms with Gasteiger partial charge < -0.3 is 0 Å². The van der Waals surface area contributed by atoms with Crippen LogP contribution in [0.4, 0.5) is 11.4 Å². The minimum Gasteiger partial charge on any atom is 2.00 e. The van der Waals surface area contributed by atoms with Gasteiger partial charge in [0.05, 0.1) is 0 Å². The zero-order valence-corrected chi connectivity index (χ0v) is 23.3. The summed E-state index contributed by atoms with van der Waals surface area (Å²) in [5.74, 6) is -0.640. The van der Waals surface area contributed by atoms with Crippen LogP contribution in [0.5, 0.6) is 0 Å². The van der Waals surface area contributed by atoms with Crippen LogP contribution in [0.15, 0.2) is 48.5 Å². The van der Waals surface area contributed by atoms with E-state index < -0.39 is 26.1 Å². The third-order valence-corrected chi connectivity index (χ3v) is 6.37. The van der Waals surface area contributed by atoms with Crippen molar-refractivity contribution in [1.82, 2.24) is 0 Å². The van der Waals surface area contributed by atoms with Crippen molar-refractivity contribution in [3.8, 4) is 0 Å². The average Bonchev–Trinajstić information content (AvgIpc) is 2.53. The van der Waals surface area contributed by atoms with Crippen LogP contribution in [0, 0.1) is 0 Å². The predicted octanol–water partition coefficient (Wildman–Crippen LogP) is -2.36. The van der Waals surface area contributed by atoms with Gasteiger partial charge in [-0.15, -0.1) is 0 Å². The Kier molecular flexibility index (Phi) is 11.7. The number of carbonyl (C=O) groups excluding carboxylic acids is 2. The molecule has 13 heteroatoms. The molecular weight excluding hydrogens is 643 g/mol. The summed E-state index contributed by atoms with van der Waals surface area (Å²) in [5.41, 5.74) is 0.609. The van der Waals surface area contributed by atoms with Crippen molar-refractivity contribution >= 4 is 107 Å². The minimum absolute atomic E-state index is 0. The van der Waals surface area contributed by atoms with Crippen LogP contribution in [-0.2, 0) is 24.9 Å². The maximum absolute atomic E-state index is 10.7. The molecule has 0 fully saturated rings. The second-order valence-electron chi connectivity index (χ2n) is 5.33. The van der Waals surface area contributed by atoms with Crippen molar-refractivity contribution in [3.05, 3.63) is 48.5 Å². The molecule has 0 heterocycles. The molecule has 2 aromatic carbocycles. The van der Waals surface area contributed by atoms with E-state index in [-0.39, 0.29) is 69.6 Å². The number of benzene rings is 2. The summed E-state index contributed by atoms with van der Waals surface area (Å²) in [6, 6.07) is 10.5. The molecule has 0 aromatic heterocycles. The second kappa shape index (κ2) is 12.1. The predicted molar refractivity (Wildman–Crippen MR) is 101 cm³/mol. The molecule has 152 valence electrons. The maximum atomic E-state index is 10.7. The molecule has 0 atom stereocenters. The molecule has 29 heavy (non-hydrogen) atoms. The van der Waals surface area contributed by atoms with Crippen LogP contribution < -0.4 is 27.9 Å². The van der Waals surface area contributed by atoms with Gasteiger partial charge >= 0.3 is 213 Å². The Morgan fingerprint density at radius 1 is 0.724 bits per heavy atom. The quantitative estimate of drug-likeness (QED) is 0.344. The van der Waals surface area contributed by atoms with E-state index in [1.807, 2.05) is 0 Å². The van der Waals surface area contributed by atoms with E-state index in [1.165, 1.54) is 50.2 Å². The molecule has 0 saturated heterocycles. The monoisotopic (exact) mass is 662 g/mol. The molecule has 0 aliphatic carbocycles. The Hall–Kier alpha value is -0.890. The van der Waals surface area contributed by atoms with Gasteiger partial charge in [0.25, 0.3) is 0 Å². The number of rotatable bonds is 4. The van der Waals surface area contributed by atoms with E-state index in [1.54, 1.807) is 0 Å². The van der Waals surface area contributed by atoms with E-state index in [9.17, 15) is 33.3 Å². The van der Waals surface area contributed by atoms with E-state index >= 15 is 0 Å². The average molecular weight is 660 g/mol. The van der Waals surface area contributed by atoms with Gasteiger partial charge in [0.2, 0.25) is 0 Å². The largest absolute Gasteiger partial charge is 2.00 e. The smallest absolute Gasteiger partial charge is 2.00 e. The molecule has 0 radical (unpaired) electrons. The summed E-state index contributed by atoms with van der Waals surface area (Å²) in [7, 11) is 0. The van der Waals surface area contributed by atoms with Gasteiger partial charge in [0, 0.05) is 0 Å². The van der Waals surface area contributed by atoms with Crippen molar-refractivity contribution < 1.29 is 33.3 Å². The van der Waals surface area contributed by atoms with E-state index in [4.69, 9.17) is 0 Å². The van der Waals surface area contributed by atoms with Gasteiger partial charge in [-0.3, -0.25) is 0 Å². The normalized spacial score (nSPS) is 10.6. The Morgan fingerprint density at radius 2 is 1.03 bits per heavy atom. The van der Waals surface area contributed by atoms with E-state index in [0.717, 1.165) is 12.1 Å². The fraction of sp³-hybridized carbons (Fsp3) is 0.125. The molecule has 0 saturated carbocycles. The molecule has 0 aliphatic rings. The van der Waals surface area contributed by atoms with Gasteiger partial charge in [-0.05, 0) is 0 Å². The Balaban J connectivity index is 0.000000523. The molecule has 2 N–H and O–H groups in total. The zero-order valence-electron chi connectivity index (χ0n) is 15.4. The topological polar surface area (TPSA) is 173 Å². The van der Waals surface area contributed by atoms with Crippen molar-refractivity contribution in [2.45, 2.75) is 13.8 Å². The van der Waals surface area contributed by atoms with Crippen molar-refractivity contribution in [1.29, 1.82) is 0 Å². The number of amides is 2. The summed E-state index contributed by atoms with van der Waals surface area (Å²) in [6.45, 7) is 2.59. The summed E-state index contributed by atoms with van der Waals surface area (Å²) < 4.78 is 63.5. The number of hydrogen-bond donors (Lipinski definition) is 2. The van der Waals surface area contributed by atoms with Crippen molar-refractivity contribution in [2.75, 3.05) is 10.6 Å². The summed E-state index contributed by atoms with van der Waals surface area (Å²) in [6.07, 6.45) is 0. The first kappa shape index (κ1) is 28.1. The number of carbonyl (C=O) groups is 2. The third-order valence-electron chi connectivity index (χ3n) is 2.89. The minimum atomic E-state index is -5.19. The van der Waals surface area contributed by atoms with Crippen LogP contribution in [0.1, 0.15) is 13.8 Å². The second-order valence-corrected chi connectivity index (χ2v) is 11.1. The zero-order chi connectivity index (χ0) is 21.5. The van der Waals surface area contributed by atoms with Crippen LogP contribution >= 0.6 is 0 Å². The first-order valence-corrected chi connectivity index (χ1v) is 13.4. The fourth-order valence-electron chi connectivity index (χ4n) is 1.87. The van der Waals surface area contributed by atoms with E-state index in [0.29, 0.717) is 11.4 Å². The number of anilines is 2. The molecule has 2 amide bonds. The van der Waals surface area contributed by atoms with Crippen LogP contribution in [0.2, 0.25) is 0 Å². The SMILES string of the molecule is CC(=O)Nc1cccc([Se](=O)(=O)[O-])c1.CC(=O)Nc1cccc([Se](=O)(=O)[O-])c1.[Ba+2]. The standard InChI is InChI=1S/2C8H9NO4Se.Ba/c2*1-6(10)9-7-3-2-4-8(5-7)14(11,12)13;/h2*2-5H,1H3,(H,9,10)(H,11,12,13);/q;;+2/p-2. The van der Waals surface area contributed by atoms with Gasteiger partial charge in [-0.2, -0.15) is 0 Å². The molecule has 0 aliphatic heterocycles. The van der Waals surface area contributed by atoms with Gasteiger partial charge in [-0.1, -0.05) is 0 Å². The Bertz CT molecular complexity index is 998. The van der Waals surface area contributed by atoms with Crippen LogP contribution in [-0.4, -0.2) is 86.8 Å². The summed E-state index contributed by atoms with van der Waals surface area (Å²) >= 11 is -10.4. The molecule has 2 aromatic rings. The van der Waals surface area contributed by atoms with E-state index in [2.05, 4.69) is 10.6 Å². The first-order valence-electron chi connectivity index (χ1n) is 7.46. The van der Waals surface area contributed by atoms with Gasteiger partial charge in [0.1, 0.15) is 0 Å². The molecule has 0 bridgehead atoms. The number of hydrogen-bond acceptors (Lipinski definition) is 8. The van der Waals surface area contributed by atoms with Gasteiger partial charge in [-0.25, -0.2) is 0 Å². The summed E-state index contributed by atoms with van der Waals surface area (Å²) in [5, 5.41) is 4.77. The van der Waals surface area contributed by atoms with Crippen molar-refractivity contribution in [3.63, 3.8) is 0 Å². The Morgan fingerprint density at radius 3 is 1.28 bits per heavy atom. The molecule has 2 rings (SSSR count). The van der Waals surface area contributed by atoms with Gasteiger partial charge in [0.15, 0.2) is 0 Å². The maximum Gasteiger partial charge on any atom is 2.00 e. The first-order chi connectivity index (χ1) is 12.8. The van der Waals surface area contributed by atoms with Crippen molar-refractivity contribution in [2.24, 2.45) is 0 Å². The fourth-order valence-corrected chi connectivity index (χ4v) is 4.03. The Labute approximate surface area is 211 Å². The number of nitrogens with one attached hydrogen (secondary N) is 2. The molecule has 10 nitrogen and oxygen atoms in total. The third kappa shape index (κ3) is 11.2. The van der Waals surface area contributed by atoms with Crippen LogP contribution in [0.3, 0.4) is 0 Å². The summed E-state index contributed by atoms with van der Waals surface area (Å²) in [4.78, 5) is 21.3. The molecular formula is C16H16BaN2O8Se2. The van der Waals surface area contributed by atoms with Crippen LogP contribution in [0.25, 0.3) is 0 Å².